The number of non-ortho nitro benzene ring substituents is 1. The summed E-state index contributed by atoms with van der Waals surface area (Å²) in [5, 5.41) is 34.2. The maximum absolute atomic E-state index is 12.8. The van der Waals surface area contributed by atoms with Crippen molar-refractivity contribution in [2.24, 2.45) is 10.2 Å². The molecule has 0 heterocycles. The monoisotopic (exact) mass is 449 g/mol. The van der Waals surface area contributed by atoms with E-state index in [1.165, 1.54) is 24.3 Å². The van der Waals surface area contributed by atoms with Crippen LogP contribution in [-0.2, 0) is 0 Å². The van der Waals surface area contributed by atoms with E-state index in [0.717, 1.165) is 31.4 Å². The number of fused-ring (bicyclic) bond motifs is 1. The van der Waals surface area contributed by atoms with Crippen molar-refractivity contribution in [2.45, 2.75) is 20.3 Å². The quantitative estimate of drug-likeness (QED) is 0.188. The van der Waals surface area contributed by atoms with Crippen LogP contribution in [0.2, 0.25) is 0 Å². The Kier molecular flexibility index (Phi) is 8.04. The third-order valence-electron chi connectivity index (χ3n) is 5.40. The molecule has 3 rings (SSSR count). The van der Waals surface area contributed by atoms with Crippen LogP contribution in [0.3, 0.4) is 0 Å². The smallest absolute Gasteiger partial charge is 0.269 e. The number of hydrogen-bond donors (Lipinski definition) is 2. The van der Waals surface area contributed by atoms with Gasteiger partial charge in [0.1, 0.15) is 5.69 Å². The number of nitrogens with one attached hydrogen (secondary N) is 1. The summed E-state index contributed by atoms with van der Waals surface area (Å²) < 4.78 is 0. The minimum Gasteiger partial charge on any atom is -0.505 e. The van der Waals surface area contributed by atoms with Gasteiger partial charge in [-0.3, -0.25) is 14.9 Å². The van der Waals surface area contributed by atoms with Gasteiger partial charge in [-0.25, -0.2) is 0 Å². The molecule has 0 aliphatic rings. The van der Waals surface area contributed by atoms with E-state index in [2.05, 4.69) is 34.3 Å². The second kappa shape index (κ2) is 11.1. The number of carbonyl (C=O) groups is 1. The number of nitrogens with zero attached hydrogens (tertiary/aromatic N) is 4. The normalized spacial score (nSPS) is 11.4. The molecule has 0 spiro atoms. The number of nitro groups is 1. The number of rotatable bonds is 10. The van der Waals surface area contributed by atoms with Crippen LogP contribution in [0.4, 0.5) is 17.1 Å². The summed E-state index contributed by atoms with van der Waals surface area (Å²) in [4.78, 5) is 25.4. The van der Waals surface area contributed by atoms with Crippen LogP contribution in [-0.4, -0.2) is 47.0 Å². The topological polar surface area (TPSA) is 120 Å². The molecule has 1 amide bonds. The first-order valence-corrected chi connectivity index (χ1v) is 10.9. The Bertz CT molecular complexity index is 1160. The molecule has 0 bridgehead atoms. The van der Waals surface area contributed by atoms with Gasteiger partial charge in [-0.2, -0.15) is 5.11 Å². The Morgan fingerprint density at radius 1 is 1.09 bits per heavy atom. The van der Waals surface area contributed by atoms with Crippen LogP contribution in [0, 0.1) is 10.1 Å². The molecular weight excluding hydrogens is 422 g/mol. The predicted molar refractivity (Wildman–Crippen MR) is 128 cm³/mol. The molecule has 33 heavy (non-hydrogen) atoms. The lowest BCUT2D eigenvalue weighted by Crippen LogP contribution is -2.29. The largest absolute Gasteiger partial charge is 0.505 e. The average Bonchev–Trinajstić information content (AvgIpc) is 2.83. The lowest BCUT2D eigenvalue weighted by Gasteiger charge is -2.17. The second-order valence-electron chi connectivity index (χ2n) is 7.45. The molecule has 172 valence electrons. The molecular formula is C24H27N5O4. The number of phenolic OH excluding ortho intramolecular Hbond substituents is 1. The Hall–Kier alpha value is -3.85. The summed E-state index contributed by atoms with van der Waals surface area (Å²) in [6.07, 6.45) is 0.800. The highest BCUT2D eigenvalue weighted by Crippen LogP contribution is 2.39. The van der Waals surface area contributed by atoms with Crippen LogP contribution in [0.15, 0.2) is 64.8 Å². The standard InChI is InChI=1S/C24H27N5O4/c1-3-28(4-2)15-7-14-25-24(31)21-16-17-8-5-6-9-20(17)22(23(21)30)27-26-18-10-12-19(13-11-18)29(32)33/h5-6,8-13,16,30H,3-4,7,14-15H2,1-2H3,(H,25,31). The number of benzene rings is 3. The van der Waals surface area contributed by atoms with E-state index in [1.54, 1.807) is 18.2 Å². The first-order chi connectivity index (χ1) is 15.9. The van der Waals surface area contributed by atoms with Crippen LogP contribution in [0.5, 0.6) is 5.75 Å². The summed E-state index contributed by atoms with van der Waals surface area (Å²) >= 11 is 0. The highest BCUT2D eigenvalue weighted by molar-refractivity contribution is 6.06. The number of carbonyl (C=O) groups excluding carboxylic acids is 1. The van der Waals surface area contributed by atoms with Crippen molar-refractivity contribution in [1.82, 2.24) is 10.2 Å². The Labute approximate surface area is 191 Å². The zero-order chi connectivity index (χ0) is 23.8. The Balaban J connectivity index is 1.85. The predicted octanol–water partition coefficient (Wildman–Crippen LogP) is 5.33. The highest BCUT2D eigenvalue weighted by Gasteiger charge is 2.18. The average molecular weight is 450 g/mol. The maximum Gasteiger partial charge on any atom is 0.269 e. The van der Waals surface area contributed by atoms with Gasteiger partial charge < -0.3 is 15.3 Å². The van der Waals surface area contributed by atoms with Gasteiger partial charge >= 0.3 is 0 Å². The van der Waals surface area contributed by atoms with E-state index in [-0.39, 0.29) is 28.6 Å². The molecule has 2 N–H and O–H groups in total. The molecule has 0 saturated heterocycles. The SMILES string of the molecule is CCN(CC)CCCNC(=O)c1cc2ccccc2c(N=Nc2ccc([N+](=O)[O-])cc2)c1O. The number of amides is 1. The number of phenols is 1. The van der Waals surface area contributed by atoms with Crippen molar-refractivity contribution in [3.05, 3.63) is 70.3 Å². The maximum atomic E-state index is 12.8. The van der Waals surface area contributed by atoms with Crippen molar-refractivity contribution in [1.29, 1.82) is 0 Å². The molecule has 3 aromatic carbocycles. The fourth-order valence-electron chi connectivity index (χ4n) is 3.48. The molecule has 0 saturated carbocycles. The third kappa shape index (κ3) is 5.89. The van der Waals surface area contributed by atoms with Crippen molar-refractivity contribution in [3.8, 4) is 5.75 Å². The molecule has 0 aliphatic carbocycles. The number of hydrogen-bond acceptors (Lipinski definition) is 7. The molecule has 0 aromatic heterocycles. The fraction of sp³-hybridized carbons (Fsp3) is 0.292. The van der Waals surface area contributed by atoms with Crippen LogP contribution in [0.25, 0.3) is 10.8 Å². The molecule has 0 unspecified atom stereocenters. The Morgan fingerprint density at radius 2 is 1.79 bits per heavy atom. The first-order valence-electron chi connectivity index (χ1n) is 10.9. The molecule has 3 aromatic rings. The summed E-state index contributed by atoms with van der Waals surface area (Å²) in [5.41, 5.74) is 0.617. The molecule has 9 heteroatoms. The van der Waals surface area contributed by atoms with Gasteiger partial charge in [-0.15, -0.1) is 5.11 Å². The van der Waals surface area contributed by atoms with Crippen LogP contribution >= 0.6 is 0 Å². The van der Waals surface area contributed by atoms with Gasteiger partial charge in [0.25, 0.3) is 11.6 Å². The van der Waals surface area contributed by atoms with Crippen molar-refractivity contribution in [2.75, 3.05) is 26.2 Å². The number of nitro benzene ring substituents is 1. The van der Waals surface area contributed by atoms with E-state index in [1.807, 2.05) is 12.1 Å². The minimum absolute atomic E-state index is 0.0538. The minimum atomic E-state index is -0.496. The third-order valence-corrected chi connectivity index (χ3v) is 5.40. The zero-order valence-electron chi connectivity index (χ0n) is 18.7. The van der Waals surface area contributed by atoms with Gasteiger partial charge in [-0.05, 0) is 49.6 Å². The summed E-state index contributed by atoms with van der Waals surface area (Å²) in [7, 11) is 0. The fourth-order valence-corrected chi connectivity index (χ4v) is 3.48. The van der Waals surface area contributed by atoms with E-state index >= 15 is 0 Å². The molecule has 9 nitrogen and oxygen atoms in total. The highest BCUT2D eigenvalue weighted by atomic mass is 16.6. The number of azo groups is 1. The van der Waals surface area contributed by atoms with E-state index in [0.29, 0.717) is 17.6 Å². The van der Waals surface area contributed by atoms with Gasteiger partial charge in [0.05, 0.1) is 16.2 Å². The van der Waals surface area contributed by atoms with Crippen molar-refractivity contribution < 1.29 is 14.8 Å². The van der Waals surface area contributed by atoms with Gasteiger partial charge in [0, 0.05) is 24.1 Å². The molecule has 0 radical (unpaired) electrons. The van der Waals surface area contributed by atoms with Crippen LogP contribution in [0.1, 0.15) is 30.6 Å². The van der Waals surface area contributed by atoms with E-state index < -0.39 is 4.92 Å². The van der Waals surface area contributed by atoms with Gasteiger partial charge in [0.2, 0.25) is 0 Å². The molecule has 0 aliphatic heterocycles. The van der Waals surface area contributed by atoms with E-state index in [9.17, 15) is 20.0 Å². The molecule has 0 atom stereocenters. The summed E-state index contributed by atoms with van der Waals surface area (Å²) in [6.45, 7) is 7.48. The zero-order valence-corrected chi connectivity index (χ0v) is 18.7. The van der Waals surface area contributed by atoms with Crippen LogP contribution < -0.4 is 5.32 Å². The van der Waals surface area contributed by atoms with Crippen molar-refractivity contribution in [3.63, 3.8) is 0 Å². The summed E-state index contributed by atoms with van der Waals surface area (Å²) in [5.74, 6) is -0.648. The summed E-state index contributed by atoms with van der Waals surface area (Å²) in [6, 6.07) is 14.5. The van der Waals surface area contributed by atoms with Crippen molar-refractivity contribution >= 4 is 33.7 Å². The lowest BCUT2D eigenvalue weighted by atomic mass is 10.0. The Morgan fingerprint density at radius 3 is 2.45 bits per heavy atom. The van der Waals surface area contributed by atoms with E-state index in [4.69, 9.17) is 0 Å². The lowest BCUT2D eigenvalue weighted by molar-refractivity contribution is -0.384. The van der Waals surface area contributed by atoms with Gasteiger partial charge in [0.15, 0.2) is 5.75 Å². The van der Waals surface area contributed by atoms with Gasteiger partial charge in [-0.1, -0.05) is 38.1 Å². The number of aromatic hydroxyl groups is 1. The molecule has 0 fully saturated rings. The first kappa shape index (κ1) is 23.8. The second-order valence-corrected chi connectivity index (χ2v) is 7.45.